The first kappa shape index (κ1) is 22.7. The van der Waals surface area contributed by atoms with Crippen molar-refractivity contribution in [1.82, 2.24) is 9.80 Å². The number of fused-ring (bicyclic) bond motifs is 1. The summed E-state index contributed by atoms with van der Waals surface area (Å²) < 4.78 is 6.49. The van der Waals surface area contributed by atoms with Gasteiger partial charge in [0.05, 0.1) is 11.7 Å². The Hall–Kier alpha value is -3.12. The van der Waals surface area contributed by atoms with Crippen LogP contribution in [0.25, 0.3) is 11.0 Å². The Labute approximate surface area is 204 Å². The van der Waals surface area contributed by atoms with Crippen LogP contribution in [0.4, 0.5) is 5.69 Å². The van der Waals surface area contributed by atoms with Crippen molar-refractivity contribution in [1.29, 1.82) is 0 Å². The molecule has 0 unspecified atom stereocenters. The Balaban J connectivity index is 1.60. The molecule has 1 aromatic heterocycles. The van der Waals surface area contributed by atoms with Crippen molar-refractivity contribution in [3.8, 4) is 0 Å². The van der Waals surface area contributed by atoms with E-state index in [9.17, 15) is 4.79 Å². The van der Waals surface area contributed by atoms with E-state index in [4.69, 9.17) is 16.0 Å². The molecule has 1 amide bonds. The number of carbonyl (C=O) groups is 1. The highest BCUT2D eigenvalue weighted by atomic mass is 35.5. The molecule has 174 valence electrons. The molecule has 3 aromatic carbocycles. The molecule has 0 aliphatic carbocycles. The molecule has 0 radical (unpaired) electrons. The first-order valence-corrected chi connectivity index (χ1v) is 12.1. The molecule has 0 spiro atoms. The lowest BCUT2D eigenvalue weighted by Gasteiger charge is -2.38. The molecule has 0 saturated carbocycles. The van der Waals surface area contributed by atoms with Gasteiger partial charge >= 0.3 is 0 Å². The summed E-state index contributed by atoms with van der Waals surface area (Å²) in [6.45, 7) is 7.04. The maximum Gasteiger partial charge on any atom is 0.255 e. The molecule has 1 aliphatic heterocycles. The molecule has 1 atom stereocenters. The third-order valence-electron chi connectivity index (χ3n) is 6.55. The van der Waals surface area contributed by atoms with Gasteiger partial charge in [-0.3, -0.25) is 9.69 Å². The van der Waals surface area contributed by atoms with Gasteiger partial charge in [-0.2, -0.15) is 0 Å². The smallest absolute Gasteiger partial charge is 0.255 e. The van der Waals surface area contributed by atoms with Gasteiger partial charge in [0, 0.05) is 42.2 Å². The lowest BCUT2D eigenvalue weighted by Crippen LogP contribution is -2.47. The summed E-state index contributed by atoms with van der Waals surface area (Å²) in [4.78, 5) is 18.1. The van der Waals surface area contributed by atoms with E-state index in [1.807, 2.05) is 66.7 Å². The molecule has 34 heavy (non-hydrogen) atoms. The predicted octanol–water partition coefficient (Wildman–Crippen LogP) is 6.07. The fraction of sp³-hybridized carbons (Fsp3) is 0.250. The van der Waals surface area contributed by atoms with Crippen LogP contribution < -0.4 is 5.32 Å². The van der Waals surface area contributed by atoms with Gasteiger partial charge in [-0.25, -0.2) is 0 Å². The first-order chi connectivity index (χ1) is 16.6. The van der Waals surface area contributed by atoms with Crippen molar-refractivity contribution in [3.05, 3.63) is 101 Å². The minimum absolute atomic E-state index is 0.144. The normalized spacial score (nSPS) is 15.9. The van der Waals surface area contributed by atoms with Crippen molar-refractivity contribution < 1.29 is 9.21 Å². The van der Waals surface area contributed by atoms with Crippen LogP contribution in [0.1, 0.15) is 34.6 Å². The van der Waals surface area contributed by atoms with Crippen molar-refractivity contribution in [2.75, 3.05) is 38.0 Å². The van der Waals surface area contributed by atoms with Gasteiger partial charge in [-0.1, -0.05) is 61.0 Å². The van der Waals surface area contributed by atoms with Gasteiger partial charge < -0.3 is 14.6 Å². The highest BCUT2D eigenvalue weighted by Gasteiger charge is 2.32. The van der Waals surface area contributed by atoms with Gasteiger partial charge in [-0.15, -0.1) is 0 Å². The second-order valence-corrected chi connectivity index (χ2v) is 9.02. The lowest BCUT2D eigenvalue weighted by molar-refractivity contribution is 0.102. The quantitative estimate of drug-likeness (QED) is 0.369. The van der Waals surface area contributed by atoms with Gasteiger partial charge in [0.2, 0.25) is 0 Å². The van der Waals surface area contributed by atoms with E-state index in [2.05, 4.69) is 34.2 Å². The Morgan fingerprint density at radius 3 is 2.32 bits per heavy atom. The third-order valence-corrected chi connectivity index (χ3v) is 6.80. The van der Waals surface area contributed by atoms with E-state index >= 15 is 0 Å². The Morgan fingerprint density at radius 1 is 0.941 bits per heavy atom. The maximum atomic E-state index is 13.2. The Morgan fingerprint density at radius 2 is 1.62 bits per heavy atom. The number of hydrogen-bond donors (Lipinski definition) is 1. The van der Waals surface area contributed by atoms with Crippen LogP contribution in [0.3, 0.4) is 0 Å². The van der Waals surface area contributed by atoms with E-state index in [1.165, 1.54) is 0 Å². The number of benzene rings is 3. The standard InChI is InChI=1S/C28H28ClN3O2/c1-2-31-16-18-32(19-17-31)26(20-12-14-22(29)15-13-20)27-25(23-10-6-7-11-24(23)34-27)30-28(33)21-8-4-3-5-9-21/h3-15,26H,2,16-19H2,1H3,(H,30,33)/t26-/m0/s1. The Kier molecular flexibility index (Phi) is 6.68. The zero-order valence-electron chi connectivity index (χ0n) is 19.2. The highest BCUT2D eigenvalue weighted by molar-refractivity contribution is 6.30. The van der Waals surface area contributed by atoms with Gasteiger partial charge in [0.1, 0.15) is 11.3 Å². The zero-order chi connectivity index (χ0) is 23.5. The van der Waals surface area contributed by atoms with Crippen LogP contribution in [0.5, 0.6) is 0 Å². The molecule has 1 saturated heterocycles. The van der Waals surface area contributed by atoms with Crippen LogP contribution in [-0.4, -0.2) is 48.4 Å². The molecule has 4 aromatic rings. The summed E-state index contributed by atoms with van der Waals surface area (Å²) in [7, 11) is 0. The van der Waals surface area contributed by atoms with Gasteiger partial charge in [0.25, 0.3) is 5.91 Å². The molecule has 2 heterocycles. The number of hydrogen-bond acceptors (Lipinski definition) is 4. The monoisotopic (exact) mass is 473 g/mol. The van der Waals surface area contributed by atoms with E-state index in [-0.39, 0.29) is 11.9 Å². The van der Waals surface area contributed by atoms with E-state index < -0.39 is 0 Å². The maximum absolute atomic E-state index is 13.2. The number of nitrogens with zero attached hydrogens (tertiary/aromatic N) is 2. The number of nitrogens with one attached hydrogen (secondary N) is 1. The van der Waals surface area contributed by atoms with E-state index in [1.54, 1.807) is 0 Å². The highest BCUT2D eigenvalue weighted by Crippen LogP contribution is 2.41. The van der Waals surface area contributed by atoms with Crippen molar-refractivity contribution in [3.63, 3.8) is 0 Å². The lowest BCUT2D eigenvalue weighted by atomic mass is 9.99. The second-order valence-electron chi connectivity index (χ2n) is 8.58. The summed E-state index contributed by atoms with van der Waals surface area (Å²) in [6.07, 6.45) is 0. The number of halogens is 1. The number of likely N-dealkylation sites (N-methyl/N-ethyl adjacent to an activating group) is 1. The number of furan rings is 1. The topological polar surface area (TPSA) is 48.7 Å². The molecule has 1 aliphatic rings. The molecular weight excluding hydrogens is 446 g/mol. The van der Waals surface area contributed by atoms with Crippen LogP contribution in [-0.2, 0) is 0 Å². The molecular formula is C28H28ClN3O2. The molecule has 5 rings (SSSR count). The summed E-state index contributed by atoms with van der Waals surface area (Å²) in [5, 5.41) is 4.77. The van der Waals surface area contributed by atoms with Crippen LogP contribution in [0.15, 0.2) is 83.3 Å². The molecule has 1 fully saturated rings. The second kappa shape index (κ2) is 10.0. The number of amides is 1. The SMILES string of the molecule is CCN1CCN([C@@H](c2ccc(Cl)cc2)c2oc3ccccc3c2NC(=O)c2ccccc2)CC1. The number of anilines is 1. The average molecular weight is 474 g/mol. The fourth-order valence-corrected chi connectivity index (χ4v) is 4.80. The van der Waals surface area contributed by atoms with Crippen molar-refractivity contribution >= 4 is 34.2 Å². The summed E-state index contributed by atoms with van der Waals surface area (Å²) in [5.41, 5.74) is 3.18. The fourth-order valence-electron chi connectivity index (χ4n) is 4.67. The van der Waals surface area contributed by atoms with Gasteiger partial charge in [0.15, 0.2) is 0 Å². The Bertz CT molecular complexity index is 1260. The van der Waals surface area contributed by atoms with Gasteiger partial charge in [-0.05, 0) is 48.5 Å². The van der Waals surface area contributed by atoms with Crippen LogP contribution in [0, 0.1) is 0 Å². The van der Waals surface area contributed by atoms with E-state index in [0.29, 0.717) is 10.6 Å². The zero-order valence-corrected chi connectivity index (χ0v) is 20.0. The molecule has 6 heteroatoms. The number of piperazine rings is 1. The van der Waals surface area contributed by atoms with Crippen LogP contribution >= 0.6 is 11.6 Å². The minimum Gasteiger partial charge on any atom is -0.457 e. The molecule has 5 nitrogen and oxygen atoms in total. The predicted molar refractivity (Wildman–Crippen MR) is 138 cm³/mol. The third kappa shape index (κ3) is 4.60. The minimum atomic E-state index is -0.154. The average Bonchev–Trinajstić information content (AvgIpc) is 3.24. The largest absolute Gasteiger partial charge is 0.457 e. The first-order valence-electron chi connectivity index (χ1n) is 11.7. The number of carbonyl (C=O) groups excluding carboxylic acids is 1. The number of para-hydroxylation sites is 1. The summed E-state index contributed by atoms with van der Waals surface area (Å²) in [6, 6.07) is 24.9. The number of rotatable bonds is 6. The molecule has 0 bridgehead atoms. The van der Waals surface area contributed by atoms with Crippen molar-refractivity contribution in [2.45, 2.75) is 13.0 Å². The molecule has 1 N–H and O–H groups in total. The van der Waals surface area contributed by atoms with Crippen molar-refractivity contribution in [2.24, 2.45) is 0 Å². The van der Waals surface area contributed by atoms with E-state index in [0.717, 1.165) is 60.7 Å². The van der Waals surface area contributed by atoms with Crippen LogP contribution in [0.2, 0.25) is 5.02 Å². The summed E-state index contributed by atoms with van der Waals surface area (Å²) in [5.74, 6) is 0.594. The summed E-state index contributed by atoms with van der Waals surface area (Å²) >= 11 is 6.22.